The van der Waals surface area contributed by atoms with Crippen LogP contribution in [0.4, 0.5) is 0 Å². The van der Waals surface area contributed by atoms with Gasteiger partial charge in [0.2, 0.25) is 0 Å². The second-order valence-electron chi connectivity index (χ2n) is 6.52. The Hall–Kier alpha value is -0.120. The third-order valence-electron chi connectivity index (χ3n) is 4.39. The van der Waals surface area contributed by atoms with E-state index in [4.69, 9.17) is 4.74 Å². The van der Waals surface area contributed by atoms with E-state index in [0.29, 0.717) is 18.0 Å². The normalized spacial score (nSPS) is 31.0. The molecule has 0 aromatic rings. The van der Waals surface area contributed by atoms with Gasteiger partial charge in [-0.25, -0.2) is 0 Å². The first-order valence-electron chi connectivity index (χ1n) is 7.41. The molecule has 0 aromatic heterocycles. The van der Waals surface area contributed by atoms with Gasteiger partial charge in [-0.3, -0.25) is 0 Å². The molecule has 3 atom stereocenters. The molecule has 3 unspecified atom stereocenters. The van der Waals surface area contributed by atoms with E-state index in [1.807, 2.05) is 0 Å². The summed E-state index contributed by atoms with van der Waals surface area (Å²) in [7, 11) is 4.35. The van der Waals surface area contributed by atoms with Crippen molar-refractivity contribution in [2.24, 2.45) is 5.92 Å². The Kier molecular flexibility index (Phi) is 6.09. The number of rotatable bonds is 6. The average Bonchev–Trinajstić information content (AvgIpc) is 2.28. The fraction of sp³-hybridized carbons (Fsp3) is 1.00. The number of nitrogens with one attached hydrogen (secondary N) is 1. The zero-order chi connectivity index (χ0) is 13.8. The molecule has 108 valence electrons. The highest BCUT2D eigenvalue weighted by molar-refractivity contribution is 4.86. The van der Waals surface area contributed by atoms with Crippen molar-refractivity contribution in [2.45, 2.75) is 64.6 Å². The molecule has 1 fully saturated rings. The van der Waals surface area contributed by atoms with Crippen LogP contribution in [-0.4, -0.2) is 49.8 Å². The molecule has 18 heavy (non-hydrogen) atoms. The minimum atomic E-state index is 0.0847. The summed E-state index contributed by atoms with van der Waals surface area (Å²) in [5, 5.41) is 3.75. The summed E-state index contributed by atoms with van der Waals surface area (Å²) >= 11 is 0. The van der Waals surface area contributed by atoms with Gasteiger partial charge in [-0.1, -0.05) is 20.8 Å². The zero-order valence-electron chi connectivity index (χ0n) is 13.1. The van der Waals surface area contributed by atoms with Crippen LogP contribution in [0.3, 0.4) is 0 Å². The minimum absolute atomic E-state index is 0.0847. The van der Waals surface area contributed by atoms with Gasteiger partial charge in [-0.15, -0.1) is 0 Å². The van der Waals surface area contributed by atoms with Crippen molar-refractivity contribution >= 4 is 0 Å². The van der Waals surface area contributed by atoms with Crippen molar-refractivity contribution in [2.75, 3.05) is 27.2 Å². The van der Waals surface area contributed by atoms with Crippen LogP contribution in [0.1, 0.15) is 47.0 Å². The molecule has 0 bridgehead atoms. The maximum atomic E-state index is 5.90. The van der Waals surface area contributed by atoms with Crippen LogP contribution in [0.2, 0.25) is 0 Å². The number of ether oxygens (including phenoxy) is 1. The number of likely N-dealkylation sites (N-methyl/N-ethyl adjacent to an activating group) is 1. The van der Waals surface area contributed by atoms with Crippen LogP contribution in [-0.2, 0) is 4.74 Å². The second-order valence-corrected chi connectivity index (χ2v) is 6.52. The minimum Gasteiger partial charge on any atom is -0.375 e. The first-order chi connectivity index (χ1) is 8.38. The van der Waals surface area contributed by atoms with Crippen LogP contribution >= 0.6 is 0 Å². The molecule has 1 saturated heterocycles. The van der Waals surface area contributed by atoms with E-state index in [9.17, 15) is 0 Å². The molecule has 0 aliphatic carbocycles. The SMILES string of the molecule is CCC1(C)CC(NCC(C(C)C)N(C)C)CCO1. The highest BCUT2D eigenvalue weighted by Crippen LogP contribution is 2.27. The van der Waals surface area contributed by atoms with Gasteiger partial charge in [0, 0.05) is 25.2 Å². The summed E-state index contributed by atoms with van der Waals surface area (Å²) in [4.78, 5) is 2.33. The molecule has 0 radical (unpaired) electrons. The van der Waals surface area contributed by atoms with Crippen molar-refractivity contribution in [1.82, 2.24) is 10.2 Å². The van der Waals surface area contributed by atoms with Crippen molar-refractivity contribution in [3.63, 3.8) is 0 Å². The van der Waals surface area contributed by atoms with Crippen molar-refractivity contribution < 1.29 is 4.74 Å². The maximum absolute atomic E-state index is 5.90. The lowest BCUT2D eigenvalue weighted by Gasteiger charge is -2.39. The quantitative estimate of drug-likeness (QED) is 0.790. The summed E-state index contributed by atoms with van der Waals surface area (Å²) in [5.41, 5.74) is 0.0847. The van der Waals surface area contributed by atoms with Gasteiger partial charge in [0.15, 0.2) is 0 Å². The monoisotopic (exact) mass is 256 g/mol. The summed E-state index contributed by atoms with van der Waals surface area (Å²) in [5.74, 6) is 0.685. The Morgan fingerprint density at radius 2 is 2.06 bits per heavy atom. The molecule has 0 aromatic carbocycles. The molecule has 1 heterocycles. The van der Waals surface area contributed by atoms with Crippen LogP contribution in [0, 0.1) is 5.92 Å². The molecule has 0 saturated carbocycles. The zero-order valence-corrected chi connectivity index (χ0v) is 13.1. The first-order valence-corrected chi connectivity index (χ1v) is 7.41. The van der Waals surface area contributed by atoms with E-state index in [-0.39, 0.29) is 5.60 Å². The van der Waals surface area contributed by atoms with E-state index in [1.165, 1.54) is 0 Å². The average molecular weight is 256 g/mol. The number of hydrogen-bond donors (Lipinski definition) is 1. The van der Waals surface area contributed by atoms with E-state index < -0.39 is 0 Å². The Bertz CT molecular complexity index is 235. The molecule has 0 amide bonds. The summed E-state index contributed by atoms with van der Waals surface area (Å²) < 4.78 is 5.90. The van der Waals surface area contributed by atoms with Gasteiger partial charge in [0.1, 0.15) is 0 Å². The molecular weight excluding hydrogens is 224 g/mol. The maximum Gasteiger partial charge on any atom is 0.0666 e. The Balaban J connectivity index is 2.43. The van der Waals surface area contributed by atoms with E-state index in [2.05, 4.69) is 52.0 Å². The largest absolute Gasteiger partial charge is 0.375 e. The predicted octanol–water partition coefficient (Wildman–Crippen LogP) is 2.51. The lowest BCUT2D eigenvalue weighted by atomic mass is 9.89. The van der Waals surface area contributed by atoms with Crippen LogP contribution in [0.5, 0.6) is 0 Å². The molecule has 1 rings (SSSR count). The fourth-order valence-electron chi connectivity index (χ4n) is 2.85. The van der Waals surface area contributed by atoms with Crippen molar-refractivity contribution in [3.05, 3.63) is 0 Å². The van der Waals surface area contributed by atoms with Gasteiger partial charge < -0.3 is 15.0 Å². The standard InChI is InChI=1S/C15H32N2O/c1-7-15(4)10-13(8-9-18-15)16-11-14(12(2)3)17(5)6/h12-14,16H,7-11H2,1-6H3. The summed E-state index contributed by atoms with van der Waals surface area (Å²) in [6.07, 6.45) is 3.39. The number of hydrogen-bond acceptors (Lipinski definition) is 3. The van der Waals surface area contributed by atoms with Gasteiger partial charge in [-0.2, -0.15) is 0 Å². The van der Waals surface area contributed by atoms with Gasteiger partial charge >= 0.3 is 0 Å². The molecule has 3 nitrogen and oxygen atoms in total. The van der Waals surface area contributed by atoms with E-state index >= 15 is 0 Å². The van der Waals surface area contributed by atoms with Crippen LogP contribution in [0.15, 0.2) is 0 Å². The summed E-state index contributed by atoms with van der Waals surface area (Å²) in [6, 6.07) is 1.23. The first kappa shape index (κ1) is 15.9. The topological polar surface area (TPSA) is 24.5 Å². The van der Waals surface area contributed by atoms with Crippen molar-refractivity contribution in [3.8, 4) is 0 Å². The molecule has 1 aliphatic heterocycles. The lowest BCUT2D eigenvalue weighted by molar-refractivity contribution is -0.0784. The highest BCUT2D eigenvalue weighted by atomic mass is 16.5. The summed E-state index contributed by atoms with van der Waals surface area (Å²) in [6.45, 7) is 11.0. The molecule has 1 N–H and O–H groups in total. The van der Waals surface area contributed by atoms with E-state index in [0.717, 1.165) is 32.4 Å². The van der Waals surface area contributed by atoms with Gasteiger partial charge in [0.25, 0.3) is 0 Å². The van der Waals surface area contributed by atoms with Crippen molar-refractivity contribution in [1.29, 1.82) is 0 Å². The molecule has 3 heteroatoms. The third kappa shape index (κ3) is 4.52. The number of nitrogens with zero attached hydrogens (tertiary/aromatic N) is 1. The smallest absolute Gasteiger partial charge is 0.0666 e. The highest BCUT2D eigenvalue weighted by Gasteiger charge is 2.31. The Labute approximate surface area is 113 Å². The molecule has 1 aliphatic rings. The molecule has 0 spiro atoms. The van der Waals surface area contributed by atoms with Crippen LogP contribution < -0.4 is 5.32 Å². The Morgan fingerprint density at radius 3 is 2.56 bits per heavy atom. The third-order valence-corrected chi connectivity index (χ3v) is 4.39. The van der Waals surface area contributed by atoms with Gasteiger partial charge in [-0.05, 0) is 46.2 Å². The second kappa shape index (κ2) is 6.88. The molecular formula is C15H32N2O. The van der Waals surface area contributed by atoms with E-state index in [1.54, 1.807) is 0 Å². The van der Waals surface area contributed by atoms with Gasteiger partial charge in [0.05, 0.1) is 5.60 Å². The fourth-order valence-corrected chi connectivity index (χ4v) is 2.85. The van der Waals surface area contributed by atoms with Crippen LogP contribution in [0.25, 0.3) is 0 Å². The Morgan fingerprint density at radius 1 is 1.39 bits per heavy atom. The lowest BCUT2D eigenvalue weighted by Crippen LogP contribution is -2.49. The predicted molar refractivity (Wildman–Crippen MR) is 78.0 cm³/mol.